The number of hydrogen-bond donors (Lipinski definition) is 1. The molecule has 1 N–H and O–H groups in total. The number of nitriles is 1. The third-order valence-corrected chi connectivity index (χ3v) is 3.56. The van der Waals surface area contributed by atoms with Gasteiger partial charge in [-0.05, 0) is 42.5 Å². The number of rotatable bonds is 5. The Morgan fingerprint density at radius 2 is 1.88 bits per heavy atom. The molecule has 0 radical (unpaired) electrons. The Morgan fingerprint density at radius 1 is 1.12 bits per heavy atom. The average Bonchev–Trinajstić information content (AvgIpc) is 3.15. The van der Waals surface area contributed by atoms with E-state index in [1.165, 1.54) is 19.2 Å². The van der Waals surface area contributed by atoms with E-state index in [0.29, 0.717) is 28.2 Å². The molecule has 1 aromatic heterocycles. The van der Waals surface area contributed by atoms with Gasteiger partial charge in [0, 0.05) is 5.56 Å². The summed E-state index contributed by atoms with van der Waals surface area (Å²) >= 11 is 0. The molecule has 0 aliphatic rings. The van der Waals surface area contributed by atoms with Gasteiger partial charge in [-0.3, -0.25) is 10.1 Å². The summed E-state index contributed by atoms with van der Waals surface area (Å²) in [6, 6.07) is 13.3. The van der Waals surface area contributed by atoms with Crippen molar-refractivity contribution in [1.82, 2.24) is 10.2 Å². The van der Waals surface area contributed by atoms with Crippen molar-refractivity contribution in [2.75, 3.05) is 19.5 Å². The lowest BCUT2D eigenvalue weighted by atomic mass is 10.1. The maximum absolute atomic E-state index is 12.2. The smallest absolute Gasteiger partial charge is 0.322 e. The van der Waals surface area contributed by atoms with E-state index in [-0.39, 0.29) is 11.9 Å². The van der Waals surface area contributed by atoms with E-state index in [0.717, 1.165) is 0 Å². The summed E-state index contributed by atoms with van der Waals surface area (Å²) in [5.74, 6) is 0.875. The molecule has 3 rings (SSSR count). The Labute approximate surface area is 149 Å². The number of amides is 1. The number of nitrogens with one attached hydrogen (secondary N) is 1. The van der Waals surface area contributed by atoms with Crippen LogP contribution in [0.25, 0.3) is 11.5 Å². The molecular weight excluding hydrogens is 336 g/mol. The Bertz CT molecular complexity index is 974. The van der Waals surface area contributed by atoms with E-state index in [9.17, 15) is 4.79 Å². The van der Waals surface area contributed by atoms with Gasteiger partial charge in [0.2, 0.25) is 0 Å². The molecule has 0 saturated heterocycles. The van der Waals surface area contributed by atoms with Gasteiger partial charge in [-0.25, -0.2) is 0 Å². The van der Waals surface area contributed by atoms with Gasteiger partial charge in [-0.15, -0.1) is 5.10 Å². The lowest BCUT2D eigenvalue weighted by molar-refractivity contribution is 0.102. The lowest BCUT2D eigenvalue weighted by Gasteiger charge is -2.07. The molecule has 1 amide bonds. The molecule has 3 aromatic rings. The van der Waals surface area contributed by atoms with Crippen molar-refractivity contribution in [3.05, 3.63) is 53.6 Å². The first-order valence-corrected chi connectivity index (χ1v) is 7.52. The largest absolute Gasteiger partial charge is 0.497 e. The molecule has 8 heteroatoms. The molecule has 0 atom stereocenters. The number of aromatic nitrogens is 2. The zero-order valence-corrected chi connectivity index (χ0v) is 14.0. The highest BCUT2D eigenvalue weighted by Crippen LogP contribution is 2.33. The molecule has 26 heavy (non-hydrogen) atoms. The molecule has 0 fully saturated rings. The quantitative estimate of drug-likeness (QED) is 0.753. The van der Waals surface area contributed by atoms with Crippen LogP contribution in [-0.4, -0.2) is 30.3 Å². The third kappa shape index (κ3) is 3.47. The van der Waals surface area contributed by atoms with Crippen LogP contribution in [0.2, 0.25) is 0 Å². The Kier molecular flexibility index (Phi) is 4.80. The maximum atomic E-state index is 12.2. The number of hydrogen-bond acceptors (Lipinski definition) is 7. The predicted molar refractivity (Wildman–Crippen MR) is 91.9 cm³/mol. The summed E-state index contributed by atoms with van der Waals surface area (Å²) in [6.45, 7) is 0. The van der Waals surface area contributed by atoms with Gasteiger partial charge >= 0.3 is 6.01 Å². The van der Waals surface area contributed by atoms with Gasteiger partial charge in [0.05, 0.1) is 31.4 Å². The third-order valence-electron chi connectivity index (χ3n) is 3.56. The Balaban J connectivity index is 1.82. The molecule has 0 unspecified atom stereocenters. The molecule has 1 heterocycles. The molecule has 0 spiro atoms. The highest BCUT2D eigenvalue weighted by atomic mass is 16.5. The summed E-state index contributed by atoms with van der Waals surface area (Å²) in [4.78, 5) is 12.2. The second-order valence-corrected chi connectivity index (χ2v) is 5.12. The number of carbonyl (C=O) groups is 1. The van der Waals surface area contributed by atoms with Gasteiger partial charge in [-0.1, -0.05) is 5.10 Å². The minimum absolute atomic E-state index is 0.0563. The van der Waals surface area contributed by atoms with Crippen molar-refractivity contribution in [2.24, 2.45) is 0 Å². The van der Waals surface area contributed by atoms with Gasteiger partial charge in [0.15, 0.2) is 0 Å². The molecule has 8 nitrogen and oxygen atoms in total. The molecular formula is C18H14N4O4. The summed E-state index contributed by atoms with van der Waals surface area (Å²) in [5, 5.41) is 19.1. The number of nitrogens with zero attached hydrogens (tertiary/aromatic N) is 3. The molecule has 0 bridgehead atoms. The fourth-order valence-electron chi connectivity index (χ4n) is 2.23. The summed E-state index contributed by atoms with van der Waals surface area (Å²) in [7, 11) is 3.07. The number of ether oxygens (including phenoxy) is 2. The first-order chi connectivity index (χ1) is 12.6. The molecule has 0 aliphatic carbocycles. The summed E-state index contributed by atoms with van der Waals surface area (Å²) < 4.78 is 16.0. The molecule has 0 saturated carbocycles. The highest BCUT2D eigenvalue weighted by Gasteiger charge is 2.16. The van der Waals surface area contributed by atoms with Crippen LogP contribution in [-0.2, 0) is 0 Å². The van der Waals surface area contributed by atoms with Crippen molar-refractivity contribution in [2.45, 2.75) is 0 Å². The first kappa shape index (κ1) is 17.0. The molecule has 2 aromatic carbocycles. The minimum Gasteiger partial charge on any atom is -0.497 e. The van der Waals surface area contributed by atoms with Crippen molar-refractivity contribution in [1.29, 1.82) is 5.26 Å². The van der Waals surface area contributed by atoms with E-state index < -0.39 is 5.91 Å². The Morgan fingerprint density at radius 3 is 2.54 bits per heavy atom. The zero-order chi connectivity index (χ0) is 18.5. The van der Waals surface area contributed by atoms with Crippen LogP contribution in [0, 0.1) is 11.3 Å². The fraction of sp³-hybridized carbons (Fsp3) is 0.111. The van der Waals surface area contributed by atoms with E-state index in [4.69, 9.17) is 19.2 Å². The number of carbonyl (C=O) groups excluding carboxylic acids is 1. The van der Waals surface area contributed by atoms with E-state index >= 15 is 0 Å². The highest BCUT2D eigenvalue weighted by molar-refractivity contribution is 6.03. The topological polar surface area (TPSA) is 110 Å². The monoisotopic (exact) mass is 350 g/mol. The number of methoxy groups -OCH3 is 2. The minimum atomic E-state index is -0.428. The standard InChI is InChI=1S/C18H14N4O4/c1-24-13-7-8-15(25-2)14(9-13)17-21-22-18(26-17)20-16(23)12-5-3-11(10-19)4-6-12/h3-9H,1-2H3,(H,20,22,23). The van der Waals surface area contributed by atoms with Crippen LogP contribution in [0.1, 0.15) is 15.9 Å². The van der Waals surface area contributed by atoms with Crippen LogP contribution in [0.15, 0.2) is 46.9 Å². The van der Waals surface area contributed by atoms with Gasteiger partial charge < -0.3 is 13.9 Å². The first-order valence-electron chi connectivity index (χ1n) is 7.52. The zero-order valence-electron chi connectivity index (χ0n) is 14.0. The van der Waals surface area contributed by atoms with Crippen molar-refractivity contribution in [3.8, 4) is 29.0 Å². The second-order valence-electron chi connectivity index (χ2n) is 5.12. The average molecular weight is 350 g/mol. The van der Waals surface area contributed by atoms with E-state index in [1.807, 2.05) is 6.07 Å². The van der Waals surface area contributed by atoms with Crippen LogP contribution in [0.5, 0.6) is 11.5 Å². The fourth-order valence-corrected chi connectivity index (χ4v) is 2.23. The van der Waals surface area contributed by atoms with Crippen LogP contribution in [0.3, 0.4) is 0 Å². The lowest BCUT2D eigenvalue weighted by Crippen LogP contribution is -2.11. The van der Waals surface area contributed by atoms with Crippen LogP contribution < -0.4 is 14.8 Å². The van der Waals surface area contributed by atoms with Crippen molar-refractivity contribution < 1.29 is 18.7 Å². The van der Waals surface area contributed by atoms with Gasteiger partial charge in [0.1, 0.15) is 11.5 Å². The molecule has 130 valence electrons. The van der Waals surface area contributed by atoms with Gasteiger partial charge in [-0.2, -0.15) is 5.26 Å². The number of benzene rings is 2. The van der Waals surface area contributed by atoms with Crippen molar-refractivity contribution in [3.63, 3.8) is 0 Å². The maximum Gasteiger partial charge on any atom is 0.322 e. The van der Waals surface area contributed by atoms with E-state index in [1.54, 1.807) is 37.4 Å². The Hall–Kier alpha value is -3.86. The van der Waals surface area contributed by atoms with E-state index in [2.05, 4.69) is 15.5 Å². The normalized spacial score (nSPS) is 10.0. The van der Waals surface area contributed by atoms with Gasteiger partial charge in [0.25, 0.3) is 11.8 Å². The summed E-state index contributed by atoms with van der Waals surface area (Å²) in [5.41, 5.74) is 1.37. The number of anilines is 1. The second kappa shape index (κ2) is 7.36. The SMILES string of the molecule is COc1ccc(OC)c(-c2nnc(NC(=O)c3ccc(C#N)cc3)o2)c1. The van der Waals surface area contributed by atoms with Crippen LogP contribution >= 0.6 is 0 Å². The summed E-state index contributed by atoms with van der Waals surface area (Å²) in [6.07, 6.45) is 0. The molecule has 0 aliphatic heterocycles. The predicted octanol–water partition coefficient (Wildman–Crippen LogP) is 2.88. The van der Waals surface area contributed by atoms with Crippen LogP contribution in [0.4, 0.5) is 6.01 Å². The van der Waals surface area contributed by atoms with Crippen molar-refractivity contribution >= 4 is 11.9 Å².